The normalized spacial score (nSPS) is 18.0. The minimum Gasteiger partial charge on any atom is -0.370 e. The standard InChI is InChI=1S/C20H23N5O3/c1-13(24-5-6-28-12-18(24)26)15-8-16(10-22-9-15)17-7-14-3-2-4-25(20(21)27)19(14)23-11-17/h7-11,13H,2-6,12H2,1H3,(H2,21,27). The summed E-state index contributed by atoms with van der Waals surface area (Å²) in [5.74, 6) is 0.630. The molecule has 0 aliphatic carbocycles. The first-order valence-corrected chi connectivity index (χ1v) is 9.43. The van der Waals surface area contributed by atoms with Crippen LogP contribution in [0.2, 0.25) is 0 Å². The number of carbonyl (C=O) groups is 2. The van der Waals surface area contributed by atoms with Crippen molar-refractivity contribution >= 4 is 17.8 Å². The van der Waals surface area contributed by atoms with E-state index < -0.39 is 6.03 Å². The second-order valence-electron chi connectivity index (χ2n) is 7.12. The third-order valence-electron chi connectivity index (χ3n) is 5.36. The number of pyridine rings is 2. The Kier molecular flexibility index (Phi) is 4.95. The van der Waals surface area contributed by atoms with Crippen LogP contribution in [0.25, 0.3) is 11.1 Å². The lowest BCUT2D eigenvalue weighted by Gasteiger charge is -2.32. The number of aryl methyl sites for hydroxylation is 1. The van der Waals surface area contributed by atoms with Gasteiger partial charge in [0.15, 0.2) is 0 Å². The molecule has 4 heterocycles. The van der Waals surface area contributed by atoms with Gasteiger partial charge in [-0.2, -0.15) is 0 Å². The smallest absolute Gasteiger partial charge is 0.320 e. The van der Waals surface area contributed by atoms with Crippen LogP contribution in [-0.4, -0.2) is 53.1 Å². The third-order valence-corrected chi connectivity index (χ3v) is 5.36. The number of hydrogen-bond acceptors (Lipinski definition) is 5. The molecule has 2 N–H and O–H groups in total. The van der Waals surface area contributed by atoms with E-state index in [9.17, 15) is 9.59 Å². The number of fused-ring (bicyclic) bond motifs is 1. The first-order valence-electron chi connectivity index (χ1n) is 9.43. The number of nitrogens with two attached hydrogens (primary N) is 1. The molecule has 1 fully saturated rings. The molecule has 1 unspecified atom stereocenters. The molecule has 3 amide bonds. The number of primary amides is 1. The Labute approximate surface area is 163 Å². The highest BCUT2D eigenvalue weighted by atomic mass is 16.5. The van der Waals surface area contributed by atoms with E-state index >= 15 is 0 Å². The molecule has 1 atom stereocenters. The summed E-state index contributed by atoms with van der Waals surface area (Å²) in [5.41, 5.74) is 9.29. The number of morpholine rings is 1. The van der Waals surface area contributed by atoms with E-state index in [-0.39, 0.29) is 18.6 Å². The summed E-state index contributed by atoms with van der Waals surface area (Å²) in [7, 11) is 0. The largest absolute Gasteiger partial charge is 0.370 e. The van der Waals surface area contributed by atoms with Crippen molar-refractivity contribution in [2.45, 2.75) is 25.8 Å². The molecular formula is C20H23N5O3. The summed E-state index contributed by atoms with van der Waals surface area (Å²) in [5, 5.41) is 0. The maximum absolute atomic E-state index is 12.1. The SMILES string of the molecule is CC(c1cncc(-c2cnc3c(c2)CCCN3C(N)=O)c1)N1CCOCC1=O. The second kappa shape index (κ2) is 7.55. The molecule has 146 valence electrons. The number of anilines is 1. The van der Waals surface area contributed by atoms with Crippen molar-refractivity contribution in [2.75, 3.05) is 31.2 Å². The minimum absolute atomic E-state index is 0.00820. The van der Waals surface area contributed by atoms with Gasteiger partial charge in [0, 0.05) is 42.8 Å². The molecule has 0 aromatic carbocycles. The number of nitrogens with zero attached hydrogens (tertiary/aromatic N) is 4. The summed E-state index contributed by atoms with van der Waals surface area (Å²) in [4.78, 5) is 36.0. The monoisotopic (exact) mass is 381 g/mol. The predicted octanol–water partition coefficient (Wildman–Crippen LogP) is 1.89. The number of hydrogen-bond donors (Lipinski definition) is 1. The summed E-state index contributed by atoms with van der Waals surface area (Å²) < 4.78 is 5.22. The highest BCUT2D eigenvalue weighted by molar-refractivity contribution is 5.91. The Morgan fingerprint density at radius 3 is 2.82 bits per heavy atom. The molecule has 8 nitrogen and oxygen atoms in total. The van der Waals surface area contributed by atoms with E-state index in [1.54, 1.807) is 18.6 Å². The Morgan fingerprint density at radius 1 is 1.21 bits per heavy atom. The average Bonchev–Trinajstić information content (AvgIpc) is 2.72. The average molecular weight is 381 g/mol. The van der Waals surface area contributed by atoms with E-state index in [0.717, 1.165) is 35.1 Å². The van der Waals surface area contributed by atoms with Crippen LogP contribution in [-0.2, 0) is 16.0 Å². The number of ether oxygens (including phenoxy) is 1. The maximum atomic E-state index is 12.1. The summed E-state index contributed by atoms with van der Waals surface area (Å²) >= 11 is 0. The molecule has 2 aliphatic heterocycles. The number of aromatic nitrogens is 2. The van der Waals surface area contributed by atoms with Gasteiger partial charge in [-0.3, -0.25) is 14.7 Å². The van der Waals surface area contributed by atoms with Gasteiger partial charge in [-0.05, 0) is 43.0 Å². The van der Waals surface area contributed by atoms with E-state index in [2.05, 4.69) is 9.97 Å². The fraction of sp³-hybridized carbons (Fsp3) is 0.400. The van der Waals surface area contributed by atoms with Crippen molar-refractivity contribution in [2.24, 2.45) is 5.73 Å². The fourth-order valence-electron chi connectivity index (χ4n) is 3.80. The van der Waals surface area contributed by atoms with Gasteiger partial charge < -0.3 is 15.4 Å². The van der Waals surface area contributed by atoms with Gasteiger partial charge in [-0.25, -0.2) is 9.78 Å². The highest BCUT2D eigenvalue weighted by Crippen LogP contribution is 2.31. The molecule has 28 heavy (non-hydrogen) atoms. The fourth-order valence-corrected chi connectivity index (χ4v) is 3.80. The zero-order valence-electron chi connectivity index (χ0n) is 15.8. The molecular weight excluding hydrogens is 358 g/mol. The molecule has 2 aliphatic rings. The van der Waals surface area contributed by atoms with Crippen LogP contribution in [0.15, 0.2) is 30.7 Å². The summed E-state index contributed by atoms with van der Waals surface area (Å²) in [6.45, 7) is 3.85. The predicted molar refractivity (Wildman–Crippen MR) is 104 cm³/mol. The maximum Gasteiger partial charge on any atom is 0.320 e. The van der Waals surface area contributed by atoms with E-state index in [0.29, 0.717) is 25.5 Å². The van der Waals surface area contributed by atoms with Crippen molar-refractivity contribution in [3.63, 3.8) is 0 Å². The van der Waals surface area contributed by atoms with Crippen LogP contribution in [0.1, 0.15) is 30.5 Å². The Morgan fingerprint density at radius 2 is 2.04 bits per heavy atom. The second-order valence-corrected chi connectivity index (χ2v) is 7.12. The number of amides is 3. The Bertz CT molecular complexity index is 916. The molecule has 8 heteroatoms. The molecule has 0 spiro atoms. The van der Waals surface area contributed by atoms with Crippen LogP contribution in [0, 0.1) is 0 Å². The molecule has 0 radical (unpaired) electrons. The van der Waals surface area contributed by atoms with Crippen LogP contribution in [0.5, 0.6) is 0 Å². The lowest BCUT2D eigenvalue weighted by Crippen LogP contribution is -2.42. The molecule has 0 saturated carbocycles. The number of carbonyl (C=O) groups excluding carboxylic acids is 2. The van der Waals surface area contributed by atoms with Crippen LogP contribution in [0.3, 0.4) is 0 Å². The first-order chi connectivity index (χ1) is 13.5. The number of urea groups is 1. The molecule has 0 bridgehead atoms. The molecule has 1 saturated heterocycles. The van der Waals surface area contributed by atoms with Crippen molar-refractivity contribution in [3.05, 3.63) is 41.9 Å². The van der Waals surface area contributed by atoms with Crippen molar-refractivity contribution in [1.29, 1.82) is 0 Å². The van der Waals surface area contributed by atoms with Crippen molar-refractivity contribution in [3.8, 4) is 11.1 Å². The third kappa shape index (κ3) is 3.43. The van der Waals surface area contributed by atoms with Crippen LogP contribution < -0.4 is 10.6 Å². The Balaban J connectivity index is 1.63. The zero-order valence-corrected chi connectivity index (χ0v) is 15.8. The summed E-state index contributed by atoms with van der Waals surface area (Å²) in [6, 6.07) is 3.52. The van der Waals surface area contributed by atoms with Gasteiger partial charge in [-0.15, -0.1) is 0 Å². The lowest BCUT2D eigenvalue weighted by atomic mass is 9.99. The van der Waals surface area contributed by atoms with Crippen molar-refractivity contribution in [1.82, 2.24) is 14.9 Å². The van der Waals surface area contributed by atoms with Crippen LogP contribution >= 0.6 is 0 Å². The Hall–Kier alpha value is -3.00. The van der Waals surface area contributed by atoms with Gasteiger partial charge in [0.1, 0.15) is 12.4 Å². The zero-order chi connectivity index (χ0) is 19.7. The van der Waals surface area contributed by atoms with E-state index in [1.807, 2.05) is 24.0 Å². The van der Waals surface area contributed by atoms with Gasteiger partial charge in [-0.1, -0.05) is 0 Å². The van der Waals surface area contributed by atoms with E-state index in [1.165, 1.54) is 4.90 Å². The van der Waals surface area contributed by atoms with Gasteiger partial charge in [0.05, 0.1) is 12.6 Å². The molecule has 2 aromatic rings. The molecule has 2 aromatic heterocycles. The lowest BCUT2D eigenvalue weighted by molar-refractivity contribution is -0.145. The first kappa shape index (κ1) is 18.4. The van der Waals surface area contributed by atoms with Crippen LogP contribution in [0.4, 0.5) is 10.6 Å². The van der Waals surface area contributed by atoms with Gasteiger partial charge in [0.25, 0.3) is 0 Å². The van der Waals surface area contributed by atoms with Gasteiger partial charge in [0.2, 0.25) is 5.91 Å². The highest BCUT2D eigenvalue weighted by Gasteiger charge is 2.26. The number of rotatable bonds is 3. The minimum atomic E-state index is -0.478. The van der Waals surface area contributed by atoms with E-state index in [4.69, 9.17) is 10.5 Å². The van der Waals surface area contributed by atoms with Gasteiger partial charge >= 0.3 is 6.03 Å². The summed E-state index contributed by atoms with van der Waals surface area (Å²) in [6.07, 6.45) is 7.03. The quantitative estimate of drug-likeness (QED) is 0.875. The molecule has 4 rings (SSSR count). The van der Waals surface area contributed by atoms with Crippen molar-refractivity contribution < 1.29 is 14.3 Å². The topological polar surface area (TPSA) is 102 Å².